The Balaban J connectivity index is 1.18. The molecule has 4 rings (SSSR count). The summed E-state index contributed by atoms with van der Waals surface area (Å²) in [4.78, 5) is 0. The molecule has 4 atom stereocenters. The first-order valence-corrected chi connectivity index (χ1v) is 11.5. The van der Waals surface area contributed by atoms with Crippen molar-refractivity contribution in [1.29, 1.82) is 0 Å². The van der Waals surface area contributed by atoms with Gasteiger partial charge in [0, 0.05) is 22.6 Å². The summed E-state index contributed by atoms with van der Waals surface area (Å²) >= 11 is 2.26. The van der Waals surface area contributed by atoms with Crippen LogP contribution in [-0.4, -0.2) is 35.7 Å². The minimum Gasteiger partial charge on any atom is -0.313 e. The Morgan fingerprint density at radius 1 is 0.630 bits per heavy atom. The number of nitrogens with one attached hydrogen (secondary N) is 2. The third-order valence-corrected chi connectivity index (χ3v) is 7.93. The molecule has 0 radical (unpaired) electrons. The van der Waals surface area contributed by atoms with Crippen LogP contribution in [0.3, 0.4) is 0 Å². The molecule has 2 nitrogen and oxygen atoms in total. The highest BCUT2D eigenvalue weighted by atomic mass is 32.2. The second kappa shape index (κ2) is 9.77. The largest absolute Gasteiger partial charge is 0.313 e. The molecule has 0 aromatic heterocycles. The van der Waals surface area contributed by atoms with Crippen LogP contribution in [-0.2, 0) is 12.8 Å². The second-order valence-electron chi connectivity index (χ2n) is 7.96. The highest BCUT2D eigenvalue weighted by Crippen LogP contribution is 2.41. The lowest BCUT2D eigenvalue weighted by Gasteiger charge is -2.44. The second-order valence-corrected chi connectivity index (χ2v) is 9.44. The summed E-state index contributed by atoms with van der Waals surface area (Å²) in [5.74, 6) is 0. The highest BCUT2D eigenvalue weighted by Gasteiger charge is 2.38. The Morgan fingerprint density at radius 3 is 1.52 bits per heavy atom. The molecule has 2 aromatic carbocycles. The smallest absolute Gasteiger partial charge is 0.0205 e. The molecule has 2 heterocycles. The maximum absolute atomic E-state index is 3.86. The van der Waals surface area contributed by atoms with Gasteiger partial charge in [-0.3, -0.25) is 0 Å². The quantitative estimate of drug-likeness (QED) is 0.708. The van der Waals surface area contributed by atoms with E-state index in [-0.39, 0.29) is 0 Å². The predicted molar refractivity (Wildman–Crippen MR) is 118 cm³/mol. The molecule has 2 N–H and O–H groups in total. The fraction of sp³-hybridized carbons (Fsp3) is 0.500. The van der Waals surface area contributed by atoms with Crippen molar-refractivity contribution in [2.45, 2.75) is 61.1 Å². The molecule has 2 aromatic rings. The number of hydrogen-bond acceptors (Lipinski definition) is 3. The Bertz CT molecular complexity index is 616. The standard InChI is InChI=1S/C24H32N2S/c1-3-7-19(8-4-1)15-17-25-21-11-13-24-22(12-14-23(21)27-24)26-18-16-20-9-5-2-6-10-20/h1-10,21-26H,11-18H2. The summed E-state index contributed by atoms with van der Waals surface area (Å²) in [6.45, 7) is 2.21. The normalized spacial score (nSPS) is 27.4. The van der Waals surface area contributed by atoms with Crippen molar-refractivity contribution in [2.75, 3.05) is 13.1 Å². The van der Waals surface area contributed by atoms with Crippen molar-refractivity contribution in [3.63, 3.8) is 0 Å². The van der Waals surface area contributed by atoms with Crippen molar-refractivity contribution in [1.82, 2.24) is 10.6 Å². The van der Waals surface area contributed by atoms with Gasteiger partial charge in [0.2, 0.25) is 0 Å². The van der Waals surface area contributed by atoms with Crippen molar-refractivity contribution >= 4 is 11.8 Å². The first-order chi connectivity index (χ1) is 13.4. The zero-order valence-electron chi connectivity index (χ0n) is 16.1. The molecule has 0 spiro atoms. The molecule has 144 valence electrons. The van der Waals surface area contributed by atoms with E-state index in [9.17, 15) is 0 Å². The fourth-order valence-corrected chi connectivity index (χ4v) is 6.41. The topological polar surface area (TPSA) is 24.1 Å². The molecule has 0 aliphatic carbocycles. The highest BCUT2D eigenvalue weighted by molar-refractivity contribution is 8.00. The van der Waals surface area contributed by atoms with Crippen molar-refractivity contribution in [3.05, 3.63) is 71.8 Å². The maximum Gasteiger partial charge on any atom is 0.0205 e. The lowest BCUT2D eigenvalue weighted by atomic mass is 9.91. The Labute approximate surface area is 168 Å². The van der Waals surface area contributed by atoms with E-state index in [1.54, 1.807) is 0 Å². The zero-order valence-corrected chi connectivity index (χ0v) is 17.0. The van der Waals surface area contributed by atoms with Gasteiger partial charge in [0.25, 0.3) is 0 Å². The molecule has 2 aliphatic heterocycles. The van der Waals surface area contributed by atoms with Gasteiger partial charge >= 0.3 is 0 Å². The van der Waals surface area contributed by atoms with Crippen LogP contribution >= 0.6 is 11.8 Å². The summed E-state index contributed by atoms with van der Waals surface area (Å²) in [6.07, 6.45) is 7.67. The molecule has 3 heteroatoms. The summed E-state index contributed by atoms with van der Waals surface area (Å²) in [7, 11) is 0. The fourth-order valence-electron chi connectivity index (χ4n) is 4.57. The average Bonchev–Trinajstić information content (AvgIpc) is 2.73. The third kappa shape index (κ3) is 5.37. The Kier molecular flexibility index (Phi) is 6.89. The first kappa shape index (κ1) is 19.0. The number of thioether (sulfide) groups is 1. The Morgan fingerprint density at radius 2 is 1.07 bits per heavy atom. The van der Waals surface area contributed by atoms with E-state index in [0.717, 1.165) is 36.4 Å². The molecule has 2 saturated heterocycles. The van der Waals surface area contributed by atoms with Crippen LogP contribution in [0.4, 0.5) is 0 Å². The van der Waals surface area contributed by atoms with E-state index in [4.69, 9.17) is 0 Å². The van der Waals surface area contributed by atoms with Crippen molar-refractivity contribution < 1.29 is 0 Å². The molecule has 0 amide bonds. The number of rotatable bonds is 8. The van der Waals surface area contributed by atoms with E-state index in [1.807, 2.05) is 0 Å². The minimum atomic E-state index is 0.709. The van der Waals surface area contributed by atoms with Gasteiger partial charge in [-0.25, -0.2) is 0 Å². The van der Waals surface area contributed by atoms with Gasteiger partial charge in [-0.05, 0) is 62.7 Å². The maximum atomic E-state index is 3.86. The molecule has 27 heavy (non-hydrogen) atoms. The minimum absolute atomic E-state index is 0.709. The van der Waals surface area contributed by atoms with Crippen molar-refractivity contribution in [3.8, 4) is 0 Å². The van der Waals surface area contributed by atoms with Crippen LogP contribution in [0.2, 0.25) is 0 Å². The zero-order chi connectivity index (χ0) is 18.3. The average molecular weight is 381 g/mol. The summed E-state index contributed by atoms with van der Waals surface area (Å²) in [5, 5.41) is 9.35. The summed E-state index contributed by atoms with van der Waals surface area (Å²) in [5.41, 5.74) is 2.88. The van der Waals surface area contributed by atoms with Gasteiger partial charge in [0.15, 0.2) is 0 Å². The molecule has 4 unspecified atom stereocenters. The summed E-state index contributed by atoms with van der Waals surface area (Å²) in [6, 6.07) is 23.1. The van der Waals surface area contributed by atoms with E-state index >= 15 is 0 Å². The number of benzene rings is 2. The van der Waals surface area contributed by atoms with Crippen LogP contribution in [0.5, 0.6) is 0 Å². The molecular weight excluding hydrogens is 348 g/mol. The molecule has 2 fully saturated rings. The summed E-state index contributed by atoms with van der Waals surface area (Å²) < 4.78 is 0. The number of hydrogen-bond donors (Lipinski definition) is 2. The lowest BCUT2D eigenvalue weighted by molar-refractivity contribution is 0.333. The SMILES string of the molecule is c1ccc(CCNC2CCC3SC2CCC3NCCc2ccccc2)cc1. The van der Waals surface area contributed by atoms with Gasteiger partial charge in [0.1, 0.15) is 0 Å². The van der Waals surface area contributed by atoms with Gasteiger partial charge < -0.3 is 10.6 Å². The van der Waals surface area contributed by atoms with Crippen molar-refractivity contribution in [2.24, 2.45) is 0 Å². The number of fused-ring (bicyclic) bond motifs is 2. The van der Waals surface area contributed by atoms with Crippen LogP contribution in [0.25, 0.3) is 0 Å². The van der Waals surface area contributed by atoms with E-state index in [2.05, 4.69) is 83.1 Å². The van der Waals surface area contributed by atoms with E-state index in [0.29, 0.717) is 12.1 Å². The third-order valence-electron chi connectivity index (χ3n) is 6.10. The van der Waals surface area contributed by atoms with E-state index < -0.39 is 0 Å². The molecule has 0 saturated carbocycles. The van der Waals surface area contributed by atoms with Crippen LogP contribution in [0.15, 0.2) is 60.7 Å². The molecule has 2 bridgehead atoms. The monoisotopic (exact) mass is 380 g/mol. The predicted octanol–water partition coefficient (Wildman–Crippen LogP) is 4.45. The first-order valence-electron chi connectivity index (χ1n) is 10.6. The van der Waals surface area contributed by atoms with Crippen LogP contribution < -0.4 is 10.6 Å². The van der Waals surface area contributed by atoms with Gasteiger partial charge in [0.05, 0.1) is 0 Å². The van der Waals surface area contributed by atoms with Crippen LogP contribution in [0, 0.1) is 0 Å². The molecular formula is C24H32N2S. The van der Waals surface area contributed by atoms with Gasteiger partial charge in [-0.1, -0.05) is 60.7 Å². The van der Waals surface area contributed by atoms with Gasteiger partial charge in [-0.15, -0.1) is 0 Å². The lowest BCUT2D eigenvalue weighted by Crippen LogP contribution is -2.52. The molecule has 2 aliphatic rings. The Hall–Kier alpha value is -1.29. The van der Waals surface area contributed by atoms with Gasteiger partial charge in [-0.2, -0.15) is 11.8 Å². The van der Waals surface area contributed by atoms with Crippen LogP contribution in [0.1, 0.15) is 36.8 Å². The van der Waals surface area contributed by atoms with E-state index in [1.165, 1.54) is 36.8 Å².